The number of halogens is 1. The molecule has 0 saturated carbocycles. The fourth-order valence-electron chi connectivity index (χ4n) is 2.68. The first-order chi connectivity index (χ1) is 10.1. The van der Waals surface area contributed by atoms with Crippen LogP contribution in [0.3, 0.4) is 0 Å². The van der Waals surface area contributed by atoms with Gasteiger partial charge in [-0.3, -0.25) is 9.69 Å². The molecule has 1 atom stereocenters. The van der Waals surface area contributed by atoms with Crippen molar-refractivity contribution in [1.29, 1.82) is 0 Å². The van der Waals surface area contributed by atoms with E-state index in [0.29, 0.717) is 6.54 Å². The molecule has 0 radical (unpaired) electrons. The van der Waals surface area contributed by atoms with Crippen molar-refractivity contribution in [1.82, 2.24) is 4.90 Å². The first kappa shape index (κ1) is 16.1. The van der Waals surface area contributed by atoms with Crippen molar-refractivity contribution in [2.75, 3.05) is 27.9 Å². The van der Waals surface area contributed by atoms with Crippen molar-refractivity contribution in [2.24, 2.45) is 0 Å². The SMILES string of the molecule is COC(=O)C1CCCN1Cc1cc(OC)c(Br)cc1OC. The quantitative estimate of drug-likeness (QED) is 0.758. The third-order valence-electron chi connectivity index (χ3n) is 3.77. The second-order valence-corrected chi connectivity index (χ2v) is 5.80. The molecule has 1 aromatic carbocycles. The Kier molecular flexibility index (Phi) is 5.47. The van der Waals surface area contributed by atoms with Crippen molar-refractivity contribution in [3.8, 4) is 11.5 Å². The molecule has 1 aliphatic heterocycles. The number of methoxy groups -OCH3 is 3. The maximum Gasteiger partial charge on any atom is 0.323 e. The summed E-state index contributed by atoms with van der Waals surface area (Å²) in [6, 6.07) is 3.65. The van der Waals surface area contributed by atoms with Crippen molar-refractivity contribution in [2.45, 2.75) is 25.4 Å². The van der Waals surface area contributed by atoms with Gasteiger partial charge in [-0.2, -0.15) is 0 Å². The van der Waals surface area contributed by atoms with Crippen LogP contribution in [-0.2, 0) is 16.1 Å². The zero-order valence-corrected chi connectivity index (χ0v) is 14.1. The first-order valence-corrected chi connectivity index (χ1v) is 7.62. The number of likely N-dealkylation sites (tertiary alicyclic amines) is 1. The van der Waals surface area contributed by atoms with Gasteiger partial charge in [0, 0.05) is 12.1 Å². The Morgan fingerprint density at radius 2 is 2.00 bits per heavy atom. The van der Waals surface area contributed by atoms with E-state index < -0.39 is 0 Å². The van der Waals surface area contributed by atoms with Crippen LogP contribution in [0.15, 0.2) is 16.6 Å². The molecule has 1 fully saturated rings. The number of carbonyl (C=O) groups excluding carboxylic acids is 1. The standard InChI is InChI=1S/C15H20BrNO4/c1-19-13-8-11(16)14(20-2)7-10(13)9-17-6-4-5-12(17)15(18)21-3/h7-8,12H,4-6,9H2,1-3H3. The highest BCUT2D eigenvalue weighted by Crippen LogP contribution is 2.34. The summed E-state index contributed by atoms with van der Waals surface area (Å²) in [6.45, 7) is 1.51. The highest BCUT2D eigenvalue weighted by Gasteiger charge is 2.32. The van der Waals surface area contributed by atoms with E-state index >= 15 is 0 Å². The lowest BCUT2D eigenvalue weighted by Crippen LogP contribution is -2.36. The highest BCUT2D eigenvalue weighted by atomic mass is 79.9. The number of ether oxygens (including phenoxy) is 3. The van der Waals surface area contributed by atoms with Gasteiger partial charge in [0.05, 0.1) is 25.8 Å². The van der Waals surface area contributed by atoms with Gasteiger partial charge >= 0.3 is 5.97 Å². The van der Waals surface area contributed by atoms with Crippen LogP contribution in [-0.4, -0.2) is 44.8 Å². The average molecular weight is 358 g/mol. The molecule has 0 amide bonds. The van der Waals surface area contributed by atoms with E-state index in [1.807, 2.05) is 12.1 Å². The van der Waals surface area contributed by atoms with Crippen LogP contribution in [0.4, 0.5) is 0 Å². The Bertz CT molecular complexity index is 521. The molecule has 0 N–H and O–H groups in total. The van der Waals surface area contributed by atoms with Gasteiger partial charge < -0.3 is 14.2 Å². The molecular weight excluding hydrogens is 338 g/mol. The van der Waals surface area contributed by atoms with Crippen LogP contribution in [0.2, 0.25) is 0 Å². The van der Waals surface area contributed by atoms with Crippen LogP contribution in [0.5, 0.6) is 11.5 Å². The zero-order valence-electron chi connectivity index (χ0n) is 12.5. The zero-order chi connectivity index (χ0) is 15.4. The predicted octanol–water partition coefficient (Wildman–Crippen LogP) is 2.60. The Morgan fingerprint density at radius 3 is 2.62 bits per heavy atom. The number of rotatable bonds is 5. The third kappa shape index (κ3) is 3.49. The minimum atomic E-state index is -0.172. The van der Waals surface area contributed by atoms with Crippen LogP contribution >= 0.6 is 15.9 Å². The first-order valence-electron chi connectivity index (χ1n) is 6.83. The van der Waals surface area contributed by atoms with Crippen LogP contribution in [0, 0.1) is 0 Å². The second-order valence-electron chi connectivity index (χ2n) is 4.95. The minimum absolute atomic E-state index is 0.171. The summed E-state index contributed by atoms with van der Waals surface area (Å²) in [5.74, 6) is 1.35. The van der Waals surface area contributed by atoms with Gasteiger partial charge in [0.2, 0.25) is 0 Å². The molecule has 1 heterocycles. The molecule has 0 bridgehead atoms. The summed E-state index contributed by atoms with van der Waals surface area (Å²) in [4.78, 5) is 13.9. The number of esters is 1. The van der Waals surface area contributed by atoms with Gasteiger partial charge in [-0.05, 0) is 47.4 Å². The number of hydrogen-bond acceptors (Lipinski definition) is 5. The maximum atomic E-state index is 11.8. The smallest absolute Gasteiger partial charge is 0.323 e. The van der Waals surface area contributed by atoms with Crippen molar-refractivity contribution >= 4 is 21.9 Å². The van der Waals surface area contributed by atoms with Gasteiger partial charge in [-0.1, -0.05) is 0 Å². The minimum Gasteiger partial charge on any atom is -0.496 e. The molecule has 0 spiro atoms. The number of benzene rings is 1. The molecule has 5 nitrogen and oxygen atoms in total. The summed E-state index contributed by atoms with van der Waals surface area (Å²) >= 11 is 3.45. The maximum absolute atomic E-state index is 11.8. The Labute approximate surface area is 133 Å². The van der Waals surface area contributed by atoms with Gasteiger partial charge in [-0.25, -0.2) is 0 Å². The van der Waals surface area contributed by atoms with Crippen molar-refractivity contribution < 1.29 is 19.0 Å². The summed E-state index contributed by atoms with van der Waals surface area (Å²) in [6.07, 6.45) is 1.83. The molecule has 2 rings (SSSR count). The lowest BCUT2D eigenvalue weighted by Gasteiger charge is -2.23. The molecule has 116 valence electrons. The Morgan fingerprint density at radius 1 is 1.29 bits per heavy atom. The van der Waals surface area contributed by atoms with Gasteiger partial charge in [0.15, 0.2) is 0 Å². The lowest BCUT2D eigenvalue weighted by molar-refractivity contribution is -0.146. The highest BCUT2D eigenvalue weighted by molar-refractivity contribution is 9.10. The topological polar surface area (TPSA) is 48.0 Å². The summed E-state index contributed by atoms with van der Waals surface area (Å²) < 4.78 is 16.5. The molecule has 1 aliphatic rings. The van der Waals surface area contributed by atoms with Crippen molar-refractivity contribution in [3.05, 3.63) is 22.2 Å². The molecule has 0 aromatic heterocycles. The van der Waals surface area contributed by atoms with Gasteiger partial charge in [0.1, 0.15) is 17.5 Å². The number of nitrogens with zero attached hydrogens (tertiary/aromatic N) is 1. The van der Waals surface area contributed by atoms with E-state index in [4.69, 9.17) is 14.2 Å². The van der Waals surface area contributed by atoms with E-state index in [0.717, 1.165) is 40.9 Å². The summed E-state index contributed by atoms with van der Waals surface area (Å²) in [5.41, 5.74) is 0.994. The third-order valence-corrected chi connectivity index (χ3v) is 4.38. The second kappa shape index (κ2) is 7.13. The predicted molar refractivity (Wildman–Crippen MR) is 82.7 cm³/mol. The molecule has 1 unspecified atom stereocenters. The Hall–Kier alpha value is -1.27. The van der Waals surface area contributed by atoms with E-state index in [1.54, 1.807) is 14.2 Å². The molecule has 0 aliphatic carbocycles. The van der Waals surface area contributed by atoms with E-state index in [1.165, 1.54) is 7.11 Å². The monoisotopic (exact) mass is 357 g/mol. The van der Waals surface area contributed by atoms with Crippen LogP contribution < -0.4 is 9.47 Å². The van der Waals surface area contributed by atoms with Crippen LogP contribution in [0.1, 0.15) is 18.4 Å². The Balaban J connectivity index is 2.23. The van der Waals surface area contributed by atoms with Gasteiger partial charge in [-0.15, -0.1) is 0 Å². The fourth-order valence-corrected chi connectivity index (χ4v) is 3.17. The summed E-state index contributed by atoms with van der Waals surface area (Å²) in [5, 5.41) is 0. The lowest BCUT2D eigenvalue weighted by atomic mass is 10.1. The number of carbonyl (C=O) groups is 1. The fraction of sp³-hybridized carbons (Fsp3) is 0.533. The van der Waals surface area contributed by atoms with E-state index in [9.17, 15) is 4.79 Å². The molecule has 1 aromatic rings. The van der Waals surface area contributed by atoms with Crippen molar-refractivity contribution in [3.63, 3.8) is 0 Å². The van der Waals surface area contributed by atoms with E-state index in [2.05, 4.69) is 20.8 Å². The van der Waals surface area contributed by atoms with Gasteiger partial charge in [0.25, 0.3) is 0 Å². The average Bonchev–Trinajstić information content (AvgIpc) is 2.95. The number of hydrogen-bond donors (Lipinski definition) is 0. The summed E-state index contributed by atoms with van der Waals surface area (Å²) in [7, 11) is 4.70. The molecule has 21 heavy (non-hydrogen) atoms. The molecular formula is C15H20BrNO4. The molecule has 6 heteroatoms. The van der Waals surface area contributed by atoms with Crippen LogP contribution in [0.25, 0.3) is 0 Å². The molecule has 1 saturated heterocycles. The van der Waals surface area contributed by atoms with E-state index in [-0.39, 0.29) is 12.0 Å². The normalized spacial score (nSPS) is 18.6. The largest absolute Gasteiger partial charge is 0.496 e.